The van der Waals surface area contributed by atoms with Crippen LogP contribution < -0.4 is 0 Å². The van der Waals surface area contributed by atoms with Gasteiger partial charge >= 0.3 is 0 Å². The molecule has 0 radical (unpaired) electrons. The fourth-order valence-electron chi connectivity index (χ4n) is 2.29. The minimum absolute atomic E-state index is 0.191. The lowest BCUT2D eigenvalue weighted by atomic mass is 9.82. The Bertz CT molecular complexity index is 154. The summed E-state index contributed by atoms with van der Waals surface area (Å²) in [4.78, 5) is 0. The van der Waals surface area contributed by atoms with E-state index >= 15 is 0 Å². The van der Waals surface area contributed by atoms with Crippen LogP contribution in [0.1, 0.15) is 39.0 Å². The maximum Gasteiger partial charge on any atom is 0.113 e. The first-order valence-electron chi connectivity index (χ1n) is 4.64. The van der Waals surface area contributed by atoms with Crippen molar-refractivity contribution >= 4 is 0 Å². The Kier molecular flexibility index (Phi) is 1.69. The van der Waals surface area contributed by atoms with Crippen molar-refractivity contribution in [3.05, 3.63) is 0 Å². The fourth-order valence-corrected chi connectivity index (χ4v) is 2.29. The Morgan fingerprint density at radius 3 is 3.18 bits per heavy atom. The number of hydrogen-bond donors (Lipinski definition) is 1. The highest BCUT2D eigenvalue weighted by molar-refractivity contribution is 5.04. The number of rotatable bonds is 2. The van der Waals surface area contributed by atoms with Crippen LogP contribution >= 0.6 is 0 Å². The summed E-state index contributed by atoms with van der Waals surface area (Å²) in [6.07, 6.45) is 5.81. The summed E-state index contributed by atoms with van der Waals surface area (Å²) in [5.74, 6) is 0. The van der Waals surface area contributed by atoms with E-state index in [4.69, 9.17) is 4.74 Å². The quantitative estimate of drug-likeness (QED) is 0.614. The molecule has 2 heteroatoms. The van der Waals surface area contributed by atoms with Crippen LogP contribution in [-0.2, 0) is 4.74 Å². The fraction of sp³-hybridized carbons (Fsp3) is 1.00. The average Bonchev–Trinajstić information content (AvgIpc) is 2.68. The van der Waals surface area contributed by atoms with E-state index in [-0.39, 0.29) is 6.10 Å². The van der Waals surface area contributed by atoms with Gasteiger partial charge in [0.05, 0.1) is 11.7 Å². The first-order valence-corrected chi connectivity index (χ1v) is 4.64. The molecule has 0 spiro atoms. The molecule has 0 aromatic carbocycles. The third-order valence-corrected chi connectivity index (χ3v) is 2.89. The molecular weight excluding hydrogens is 140 g/mol. The lowest BCUT2D eigenvalue weighted by Gasteiger charge is -2.28. The molecule has 3 unspecified atom stereocenters. The third-order valence-electron chi connectivity index (χ3n) is 2.89. The topological polar surface area (TPSA) is 32.8 Å². The van der Waals surface area contributed by atoms with Crippen LogP contribution in [0.4, 0.5) is 0 Å². The summed E-state index contributed by atoms with van der Waals surface area (Å²) >= 11 is 0. The number of epoxide rings is 1. The van der Waals surface area contributed by atoms with E-state index < -0.39 is 5.60 Å². The van der Waals surface area contributed by atoms with Gasteiger partial charge in [-0.15, -0.1) is 0 Å². The van der Waals surface area contributed by atoms with Crippen molar-refractivity contribution in [2.24, 2.45) is 0 Å². The molecule has 1 aliphatic carbocycles. The molecule has 0 amide bonds. The van der Waals surface area contributed by atoms with Gasteiger partial charge in [-0.25, -0.2) is 0 Å². The number of hydrogen-bond acceptors (Lipinski definition) is 2. The van der Waals surface area contributed by atoms with Crippen molar-refractivity contribution in [3.63, 3.8) is 0 Å². The maximum absolute atomic E-state index is 10.1. The highest BCUT2D eigenvalue weighted by Gasteiger charge is 2.55. The van der Waals surface area contributed by atoms with Crippen LogP contribution in [0, 0.1) is 0 Å². The minimum Gasteiger partial charge on any atom is -0.387 e. The molecule has 1 N–H and O–H groups in total. The Hall–Kier alpha value is -0.0800. The second-order valence-electron chi connectivity index (χ2n) is 3.84. The summed E-state index contributed by atoms with van der Waals surface area (Å²) in [6, 6.07) is 0. The number of ether oxygens (including phenoxy) is 1. The van der Waals surface area contributed by atoms with E-state index in [0.29, 0.717) is 6.10 Å². The SMILES string of the molecule is CCCC1(O)CCCC2OC21. The molecular formula is C9H16O2. The van der Waals surface area contributed by atoms with Crippen molar-refractivity contribution in [1.82, 2.24) is 0 Å². The smallest absolute Gasteiger partial charge is 0.113 e. The number of aliphatic hydroxyl groups is 1. The Morgan fingerprint density at radius 1 is 1.64 bits per heavy atom. The molecule has 2 aliphatic rings. The molecule has 3 atom stereocenters. The predicted octanol–water partition coefficient (Wildman–Crippen LogP) is 1.47. The summed E-state index contributed by atoms with van der Waals surface area (Å²) < 4.78 is 5.40. The second kappa shape index (κ2) is 2.46. The molecule has 0 aromatic heterocycles. The van der Waals surface area contributed by atoms with E-state index in [1.54, 1.807) is 0 Å². The van der Waals surface area contributed by atoms with Gasteiger partial charge in [0, 0.05) is 0 Å². The molecule has 1 saturated carbocycles. The zero-order valence-corrected chi connectivity index (χ0v) is 7.05. The van der Waals surface area contributed by atoms with Crippen molar-refractivity contribution in [1.29, 1.82) is 0 Å². The Balaban J connectivity index is 1.99. The van der Waals surface area contributed by atoms with E-state index in [9.17, 15) is 5.11 Å². The van der Waals surface area contributed by atoms with Crippen molar-refractivity contribution < 1.29 is 9.84 Å². The maximum atomic E-state index is 10.1. The molecule has 2 nitrogen and oxygen atoms in total. The van der Waals surface area contributed by atoms with Crippen LogP contribution in [0.25, 0.3) is 0 Å². The highest BCUT2D eigenvalue weighted by atomic mass is 16.6. The van der Waals surface area contributed by atoms with Crippen LogP contribution in [0.2, 0.25) is 0 Å². The summed E-state index contributed by atoms with van der Waals surface area (Å²) in [6.45, 7) is 2.12. The van der Waals surface area contributed by atoms with Gasteiger partial charge in [-0.3, -0.25) is 0 Å². The van der Waals surface area contributed by atoms with Crippen LogP contribution in [-0.4, -0.2) is 22.9 Å². The standard InChI is InChI=1S/C9H16O2/c1-2-5-9(10)6-3-4-7-8(9)11-7/h7-8,10H,2-6H2,1H3. The first-order chi connectivity index (χ1) is 5.26. The van der Waals surface area contributed by atoms with Gasteiger partial charge < -0.3 is 9.84 Å². The molecule has 1 saturated heterocycles. The minimum atomic E-state index is -0.461. The Morgan fingerprint density at radius 2 is 2.45 bits per heavy atom. The van der Waals surface area contributed by atoms with Gasteiger partial charge in [0.1, 0.15) is 6.10 Å². The zero-order valence-electron chi connectivity index (χ0n) is 7.05. The predicted molar refractivity (Wildman–Crippen MR) is 42.4 cm³/mol. The van der Waals surface area contributed by atoms with Gasteiger partial charge in [0.2, 0.25) is 0 Å². The lowest BCUT2D eigenvalue weighted by molar-refractivity contribution is -0.00899. The summed E-state index contributed by atoms with van der Waals surface area (Å²) in [5.41, 5.74) is -0.461. The normalized spacial score (nSPS) is 48.5. The van der Waals surface area contributed by atoms with E-state index in [1.807, 2.05) is 0 Å². The van der Waals surface area contributed by atoms with Gasteiger partial charge in [-0.2, -0.15) is 0 Å². The summed E-state index contributed by atoms with van der Waals surface area (Å²) in [5, 5.41) is 10.1. The molecule has 0 bridgehead atoms. The highest BCUT2D eigenvalue weighted by Crippen LogP contribution is 2.45. The molecule has 0 aromatic rings. The lowest BCUT2D eigenvalue weighted by Crippen LogP contribution is -2.38. The van der Waals surface area contributed by atoms with Gasteiger partial charge in [-0.05, 0) is 25.7 Å². The largest absolute Gasteiger partial charge is 0.387 e. The van der Waals surface area contributed by atoms with E-state index in [0.717, 1.165) is 32.1 Å². The van der Waals surface area contributed by atoms with Crippen LogP contribution in [0.5, 0.6) is 0 Å². The molecule has 1 aliphatic heterocycles. The monoisotopic (exact) mass is 156 g/mol. The first kappa shape index (κ1) is 7.56. The van der Waals surface area contributed by atoms with E-state index in [2.05, 4.69) is 6.92 Å². The van der Waals surface area contributed by atoms with Crippen molar-refractivity contribution in [3.8, 4) is 0 Å². The zero-order chi connectivity index (χ0) is 7.90. The number of fused-ring (bicyclic) bond motifs is 1. The third kappa shape index (κ3) is 1.18. The van der Waals surface area contributed by atoms with Crippen LogP contribution in [0.15, 0.2) is 0 Å². The van der Waals surface area contributed by atoms with Gasteiger partial charge in [0.15, 0.2) is 0 Å². The van der Waals surface area contributed by atoms with Crippen molar-refractivity contribution in [2.75, 3.05) is 0 Å². The average molecular weight is 156 g/mol. The van der Waals surface area contributed by atoms with Gasteiger partial charge in [0.25, 0.3) is 0 Å². The second-order valence-corrected chi connectivity index (χ2v) is 3.84. The Labute approximate surface area is 67.6 Å². The van der Waals surface area contributed by atoms with E-state index in [1.165, 1.54) is 0 Å². The van der Waals surface area contributed by atoms with Gasteiger partial charge in [-0.1, -0.05) is 13.3 Å². The molecule has 64 valence electrons. The molecule has 11 heavy (non-hydrogen) atoms. The summed E-state index contributed by atoms with van der Waals surface area (Å²) in [7, 11) is 0. The van der Waals surface area contributed by atoms with Crippen molar-refractivity contribution in [2.45, 2.75) is 56.8 Å². The molecule has 2 fully saturated rings. The molecule has 1 heterocycles. The molecule has 2 rings (SSSR count). The van der Waals surface area contributed by atoms with Crippen LogP contribution in [0.3, 0.4) is 0 Å².